The molecule has 0 aliphatic rings. The lowest BCUT2D eigenvalue weighted by atomic mass is 10.1. The van der Waals surface area contributed by atoms with Crippen LogP contribution in [0.3, 0.4) is 0 Å². The van der Waals surface area contributed by atoms with Crippen LogP contribution in [0.25, 0.3) is 0 Å². The highest BCUT2D eigenvalue weighted by Crippen LogP contribution is 2.13. The van der Waals surface area contributed by atoms with Gasteiger partial charge in [0.25, 0.3) is 5.91 Å². The molecule has 1 heterocycles. The van der Waals surface area contributed by atoms with Crippen molar-refractivity contribution < 1.29 is 29.0 Å². The molecule has 1 aromatic heterocycles. The number of carbonyl (C=O) groups is 3. The molecule has 0 radical (unpaired) electrons. The lowest BCUT2D eigenvalue weighted by molar-refractivity contribution is -0.140. The van der Waals surface area contributed by atoms with Crippen LogP contribution in [-0.4, -0.2) is 40.4 Å². The van der Waals surface area contributed by atoms with E-state index in [1.807, 2.05) is 6.26 Å². The topological polar surface area (TPSA) is 117 Å². The molecule has 0 bridgehead atoms. The predicted molar refractivity (Wildman–Crippen MR) is 71.7 cm³/mol. The summed E-state index contributed by atoms with van der Waals surface area (Å²) in [6.45, 7) is 0. The van der Waals surface area contributed by atoms with Crippen molar-refractivity contribution in [3.05, 3.63) is 23.7 Å². The monoisotopic (exact) mass is 301 g/mol. The van der Waals surface area contributed by atoms with E-state index in [4.69, 9.17) is 14.6 Å². The first-order chi connectivity index (χ1) is 9.43. The SMILES string of the molecule is CSCc1ccc(C(=O)N[C@@H](CCC(=O)O)C(=O)O)o1. The number of carboxylic acids is 2. The van der Waals surface area contributed by atoms with E-state index in [1.54, 1.807) is 6.07 Å². The van der Waals surface area contributed by atoms with Crippen LogP contribution in [0.2, 0.25) is 0 Å². The van der Waals surface area contributed by atoms with Crippen molar-refractivity contribution in [1.29, 1.82) is 0 Å². The Morgan fingerprint density at radius 3 is 2.60 bits per heavy atom. The highest BCUT2D eigenvalue weighted by atomic mass is 32.2. The fourth-order valence-electron chi connectivity index (χ4n) is 1.47. The maximum absolute atomic E-state index is 11.8. The molecule has 0 saturated heterocycles. The number of amides is 1. The molecule has 1 amide bonds. The van der Waals surface area contributed by atoms with Crippen molar-refractivity contribution in [3.8, 4) is 0 Å². The number of hydrogen-bond acceptors (Lipinski definition) is 5. The number of hydrogen-bond donors (Lipinski definition) is 3. The predicted octanol–water partition coefficient (Wildman–Crippen LogP) is 1.19. The Morgan fingerprint density at radius 2 is 2.05 bits per heavy atom. The normalized spacial score (nSPS) is 11.8. The molecular weight excluding hydrogens is 286 g/mol. The van der Waals surface area contributed by atoms with Gasteiger partial charge < -0.3 is 19.9 Å². The highest BCUT2D eigenvalue weighted by molar-refractivity contribution is 7.97. The van der Waals surface area contributed by atoms with Crippen molar-refractivity contribution in [3.63, 3.8) is 0 Å². The summed E-state index contributed by atoms with van der Waals surface area (Å²) in [5.41, 5.74) is 0. The zero-order valence-corrected chi connectivity index (χ0v) is 11.6. The van der Waals surface area contributed by atoms with E-state index in [9.17, 15) is 14.4 Å². The van der Waals surface area contributed by atoms with Crippen molar-refractivity contribution in [2.45, 2.75) is 24.6 Å². The maximum atomic E-state index is 11.8. The van der Waals surface area contributed by atoms with E-state index in [2.05, 4.69) is 5.32 Å². The van der Waals surface area contributed by atoms with E-state index in [1.165, 1.54) is 17.8 Å². The van der Waals surface area contributed by atoms with E-state index in [0.29, 0.717) is 11.5 Å². The summed E-state index contributed by atoms with van der Waals surface area (Å²) in [6, 6.07) is 1.84. The van der Waals surface area contributed by atoms with Crippen LogP contribution in [0.15, 0.2) is 16.5 Å². The molecule has 1 atom stereocenters. The number of aliphatic carboxylic acids is 2. The average Bonchev–Trinajstić information content (AvgIpc) is 2.82. The van der Waals surface area contributed by atoms with Crippen LogP contribution in [0.5, 0.6) is 0 Å². The molecule has 1 rings (SSSR count). The Kier molecular flexibility index (Phi) is 6.10. The molecule has 0 unspecified atom stereocenters. The molecule has 0 spiro atoms. The van der Waals surface area contributed by atoms with Crippen LogP contribution in [0.1, 0.15) is 29.2 Å². The summed E-state index contributed by atoms with van der Waals surface area (Å²) in [6.07, 6.45) is 1.36. The summed E-state index contributed by atoms with van der Waals surface area (Å²) in [7, 11) is 0. The van der Waals surface area contributed by atoms with Crippen LogP contribution >= 0.6 is 11.8 Å². The van der Waals surface area contributed by atoms with E-state index in [-0.39, 0.29) is 18.6 Å². The first-order valence-electron chi connectivity index (χ1n) is 5.77. The quantitative estimate of drug-likeness (QED) is 0.660. The van der Waals surface area contributed by atoms with Crippen LogP contribution in [0.4, 0.5) is 0 Å². The van der Waals surface area contributed by atoms with Crippen LogP contribution in [-0.2, 0) is 15.3 Å². The average molecular weight is 301 g/mol. The number of thioether (sulfide) groups is 1. The minimum atomic E-state index is -1.28. The van der Waals surface area contributed by atoms with E-state index >= 15 is 0 Å². The van der Waals surface area contributed by atoms with Gasteiger partial charge in [-0.3, -0.25) is 9.59 Å². The molecule has 0 aliphatic heterocycles. The number of carbonyl (C=O) groups excluding carboxylic acids is 1. The smallest absolute Gasteiger partial charge is 0.326 e. The minimum Gasteiger partial charge on any atom is -0.481 e. The Labute approximate surface area is 119 Å². The van der Waals surface area contributed by atoms with Crippen molar-refractivity contribution in [2.24, 2.45) is 0 Å². The standard InChI is InChI=1S/C12H15NO6S/c1-20-6-7-2-4-9(19-7)11(16)13-8(12(17)18)3-5-10(14)15/h2,4,8H,3,5-6H2,1H3,(H,13,16)(H,14,15)(H,17,18)/t8-/m0/s1. The highest BCUT2D eigenvalue weighted by Gasteiger charge is 2.23. The van der Waals surface area contributed by atoms with Crippen LogP contribution < -0.4 is 5.32 Å². The van der Waals surface area contributed by atoms with E-state index < -0.39 is 23.9 Å². The Morgan fingerprint density at radius 1 is 1.35 bits per heavy atom. The molecule has 8 heteroatoms. The van der Waals surface area contributed by atoms with Gasteiger partial charge in [0.2, 0.25) is 0 Å². The molecule has 7 nitrogen and oxygen atoms in total. The first-order valence-corrected chi connectivity index (χ1v) is 7.16. The van der Waals surface area contributed by atoms with Gasteiger partial charge in [-0.25, -0.2) is 4.79 Å². The number of nitrogens with one attached hydrogen (secondary N) is 1. The van der Waals surface area contributed by atoms with Gasteiger partial charge in [0.1, 0.15) is 11.8 Å². The minimum absolute atomic E-state index is 0.00984. The van der Waals surface area contributed by atoms with Gasteiger partial charge in [0.15, 0.2) is 5.76 Å². The second kappa shape index (κ2) is 7.59. The summed E-state index contributed by atoms with van der Waals surface area (Å²) in [5, 5.41) is 19.7. The Balaban J connectivity index is 2.64. The molecule has 20 heavy (non-hydrogen) atoms. The van der Waals surface area contributed by atoms with Gasteiger partial charge in [-0.15, -0.1) is 0 Å². The molecule has 110 valence electrons. The fourth-order valence-corrected chi connectivity index (χ4v) is 1.91. The van der Waals surface area contributed by atoms with Gasteiger partial charge in [-0.1, -0.05) is 0 Å². The molecule has 0 saturated carbocycles. The molecule has 3 N–H and O–H groups in total. The summed E-state index contributed by atoms with van der Waals surface area (Å²) >= 11 is 1.53. The van der Waals surface area contributed by atoms with Crippen LogP contribution in [0, 0.1) is 0 Å². The zero-order valence-electron chi connectivity index (χ0n) is 10.8. The van der Waals surface area contributed by atoms with Gasteiger partial charge in [0, 0.05) is 6.42 Å². The van der Waals surface area contributed by atoms with Crippen molar-refractivity contribution in [2.75, 3.05) is 6.26 Å². The van der Waals surface area contributed by atoms with Gasteiger partial charge in [0.05, 0.1) is 5.75 Å². The van der Waals surface area contributed by atoms with E-state index in [0.717, 1.165) is 0 Å². The second-order valence-electron chi connectivity index (χ2n) is 4.00. The Bertz CT molecular complexity index is 498. The third-order valence-electron chi connectivity index (χ3n) is 2.42. The van der Waals surface area contributed by atoms with Gasteiger partial charge in [-0.05, 0) is 24.8 Å². The largest absolute Gasteiger partial charge is 0.481 e. The summed E-state index contributed by atoms with van der Waals surface area (Å²) in [5.74, 6) is -1.85. The number of carboxylic acid groups (broad SMARTS) is 2. The summed E-state index contributed by atoms with van der Waals surface area (Å²) in [4.78, 5) is 33.2. The molecule has 0 aliphatic carbocycles. The summed E-state index contributed by atoms with van der Waals surface area (Å²) < 4.78 is 5.25. The zero-order chi connectivity index (χ0) is 15.1. The molecule has 0 fully saturated rings. The third-order valence-corrected chi connectivity index (χ3v) is 3.00. The second-order valence-corrected chi connectivity index (χ2v) is 4.86. The maximum Gasteiger partial charge on any atom is 0.326 e. The Hall–Kier alpha value is -1.96. The molecule has 0 aromatic carbocycles. The van der Waals surface area contributed by atoms with Gasteiger partial charge in [-0.2, -0.15) is 11.8 Å². The first kappa shape index (κ1) is 16.1. The lowest BCUT2D eigenvalue weighted by Gasteiger charge is -2.12. The van der Waals surface area contributed by atoms with Gasteiger partial charge >= 0.3 is 11.9 Å². The fraction of sp³-hybridized carbons (Fsp3) is 0.417. The lowest BCUT2D eigenvalue weighted by Crippen LogP contribution is -2.41. The third kappa shape index (κ3) is 4.96. The van der Waals surface area contributed by atoms with Crippen molar-refractivity contribution in [1.82, 2.24) is 5.32 Å². The number of rotatable bonds is 8. The molecule has 1 aromatic rings. The van der Waals surface area contributed by atoms with Crippen molar-refractivity contribution >= 4 is 29.6 Å². The molecular formula is C12H15NO6S. The number of furan rings is 1.